The van der Waals surface area contributed by atoms with E-state index in [2.05, 4.69) is 21.9 Å². The number of benzene rings is 1. The van der Waals surface area contributed by atoms with Crippen molar-refractivity contribution in [2.45, 2.75) is 19.3 Å². The van der Waals surface area contributed by atoms with Crippen molar-refractivity contribution in [1.82, 2.24) is 19.7 Å². The fourth-order valence-corrected chi connectivity index (χ4v) is 4.27. The average molecular weight is 546 g/mol. The summed E-state index contributed by atoms with van der Waals surface area (Å²) in [5.74, 6) is -1.29. The van der Waals surface area contributed by atoms with Crippen molar-refractivity contribution in [3.63, 3.8) is 0 Å². The molecule has 1 aromatic carbocycles. The van der Waals surface area contributed by atoms with Crippen LogP contribution in [0.3, 0.4) is 0 Å². The summed E-state index contributed by atoms with van der Waals surface area (Å²) < 4.78 is 11.0. The SMILES string of the molecule is COc1ccc2c(c1)/C(=N/N1CC(=O)N(CCCCN3CCN(C)CC3)C1=O)CCO2.O=C(O)/C=C/C(=O)O. The van der Waals surface area contributed by atoms with Crippen LogP contribution in [0, 0.1) is 0 Å². The Morgan fingerprint density at radius 2 is 1.72 bits per heavy atom. The fraction of sp³-hybridized carbons (Fsp3) is 0.500. The number of urea groups is 1. The van der Waals surface area contributed by atoms with Gasteiger partial charge >= 0.3 is 18.0 Å². The summed E-state index contributed by atoms with van der Waals surface area (Å²) in [6.07, 6.45) is 3.47. The molecule has 1 aromatic rings. The molecule has 0 aliphatic carbocycles. The summed E-state index contributed by atoms with van der Waals surface area (Å²) in [5.41, 5.74) is 1.54. The molecular formula is C26H35N5O8. The summed E-state index contributed by atoms with van der Waals surface area (Å²) in [6, 6.07) is 5.18. The van der Waals surface area contributed by atoms with E-state index >= 15 is 0 Å². The maximum absolute atomic E-state index is 12.8. The van der Waals surface area contributed by atoms with Crippen LogP contribution in [0.2, 0.25) is 0 Å². The number of hydrogen-bond donors (Lipinski definition) is 2. The molecule has 3 aliphatic rings. The lowest BCUT2D eigenvalue weighted by molar-refractivity contribution is -0.134. The van der Waals surface area contributed by atoms with Crippen LogP contribution in [-0.2, 0) is 14.4 Å². The first-order valence-electron chi connectivity index (χ1n) is 12.7. The third-order valence-electron chi connectivity index (χ3n) is 6.44. The zero-order chi connectivity index (χ0) is 28.4. The highest BCUT2D eigenvalue weighted by Gasteiger charge is 2.36. The summed E-state index contributed by atoms with van der Waals surface area (Å²) in [6.45, 7) is 6.29. The van der Waals surface area contributed by atoms with Crippen LogP contribution in [0.5, 0.6) is 11.5 Å². The van der Waals surface area contributed by atoms with Crippen LogP contribution in [0.25, 0.3) is 0 Å². The van der Waals surface area contributed by atoms with E-state index in [0.29, 0.717) is 43.2 Å². The monoisotopic (exact) mass is 545 g/mol. The van der Waals surface area contributed by atoms with E-state index in [-0.39, 0.29) is 18.5 Å². The van der Waals surface area contributed by atoms with Gasteiger partial charge in [-0.3, -0.25) is 9.69 Å². The van der Waals surface area contributed by atoms with Crippen LogP contribution >= 0.6 is 0 Å². The van der Waals surface area contributed by atoms with Crippen molar-refractivity contribution in [1.29, 1.82) is 0 Å². The van der Waals surface area contributed by atoms with E-state index in [9.17, 15) is 19.2 Å². The molecule has 2 N–H and O–H groups in total. The first kappa shape index (κ1) is 29.6. The van der Waals surface area contributed by atoms with Gasteiger partial charge in [-0.15, -0.1) is 0 Å². The summed E-state index contributed by atoms with van der Waals surface area (Å²) >= 11 is 0. The van der Waals surface area contributed by atoms with Crippen LogP contribution in [-0.4, -0.2) is 126 Å². The van der Waals surface area contributed by atoms with Crippen molar-refractivity contribution in [3.05, 3.63) is 35.9 Å². The molecule has 0 saturated carbocycles. The zero-order valence-electron chi connectivity index (χ0n) is 22.2. The van der Waals surface area contributed by atoms with Gasteiger partial charge in [0.1, 0.15) is 18.0 Å². The largest absolute Gasteiger partial charge is 0.497 e. The van der Waals surface area contributed by atoms with Gasteiger partial charge < -0.3 is 29.5 Å². The highest BCUT2D eigenvalue weighted by atomic mass is 16.5. The lowest BCUT2D eigenvalue weighted by Gasteiger charge is -2.32. The Kier molecular flexibility index (Phi) is 10.8. The molecule has 3 amide bonds. The van der Waals surface area contributed by atoms with Crippen molar-refractivity contribution in [2.75, 3.05) is 66.6 Å². The number of carboxylic acids is 2. The Morgan fingerprint density at radius 1 is 1.05 bits per heavy atom. The molecular weight excluding hydrogens is 510 g/mol. The molecule has 13 nitrogen and oxygen atoms in total. The predicted octanol–water partition coefficient (Wildman–Crippen LogP) is 1.19. The molecule has 2 saturated heterocycles. The second kappa shape index (κ2) is 14.3. The number of aliphatic carboxylic acids is 2. The summed E-state index contributed by atoms with van der Waals surface area (Å²) in [4.78, 5) is 50.5. The van der Waals surface area contributed by atoms with Gasteiger partial charge in [-0.05, 0) is 44.6 Å². The lowest BCUT2D eigenvalue weighted by Crippen LogP contribution is -2.44. The van der Waals surface area contributed by atoms with Crippen molar-refractivity contribution in [3.8, 4) is 11.5 Å². The normalized spacial score (nSPS) is 19.1. The smallest absolute Gasteiger partial charge is 0.347 e. The molecule has 0 bridgehead atoms. The van der Waals surface area contributed by atoms with Gasteiger partial charge in [0.15, 0.2) is 0 Å². The van der Waals surface area contributed by atoms with Crippen LogP contribution in [0.1, 0.15) is 24.8 Å². The minimum absolute atomic E-state index is 0.0129. The predicted molar refractivity (Wildman–Crippen MR) is 141 cm³/mol. The Morgan fingerprint density at radius 3 is 2.36 bits per heavy atom. The number of amides is 3. The van der Waals surface area contributed by atoms with Gasteiger partial charge in [0.05, 0.1) is 19.4 Å². The average Bonchev–Trinajstić information content (AvgIpc) is 3.18. The van der Waals surface area contributed by atoms with Gasteiger partial charge in [0, 0.05) is 56.9 Å². The number of hydrogen-bond acceptors (Lipinski definition) is 9. The molecule has 0 radical (unpaired) electrons. The van der Waals surface area contributed by atoms with Crippen LogP contribution in [0.15, 0.2) is 35.5 Å². The number of ether oxygens (including phenoxy) is 2. The van der Waals surface area contributed by atoms with E-state index in [1.165, 1.54) is 9.91 Å². The second-order valence-corrected chi connectivity index (χ2v) is 9.25. The molecule has 0 aromatic heterocycles. The molecule has 3 aliphatic heterocycles. The molecule has 0 spiro atoms. The highest BCUT2D eigenvalue weighted by molar-refractivity contribution is 6.06. The molecule has 4 rings (SSSR count). The minimum Gasteiger partial charge on any atom is -0.497 e. The van der Waals surface area contributed by atoms with E-state index < -0.39 is 11.9 Å². The number of fused-ring (bicyclic) bond motifs is 1. The topological polar surface area (TPSA) is 153 Å². The number of unbranched alkanes of at least 4 members (excludes halogenated alkanes) is 1. The van der Waals surface area contributed by atoms with Gasteiger partial charge in [0.25, 0.3) is 5.91 Å². The first-order chi connectivity index (χ1) is 18.7. The number of hydrazone groups is 1. The van der Waals surface area contributed by atoms with Crippen LogP contribution < -0.4 is 9.47 Å². The second-order valence-electron chi connectivity index (χ2n) is 9.25. The summed E-state index contributed by atoms with van der Waals surface area (Å²) in [7, 11) is 3.75. The van der Waals surface area contributed by atoms with E-state index in [0.717, 1.165) is 56.8 Å². The molecule has 39 heavy (non-hydrogen) atoms. The van der Waals surface area contributed by atoms with E-state index in [4.69, 9.17) is 19.7 Å². The number of imide groups is 1. The van der Waals surface area contributed by atoms with Gasteiger partial charge in [-0.1, -0.05) is 0 Å². The van der Waals surface area contributed by atoms with Gasteiger partial charge in [-0.2, -0.15) is 5.10 Å². The molecule has 0 unspecified atom stereocenters. The lowest BCUT2D eigenvalue weighted by atomic mass is 10.0. The summed E-state index contributed by atoms with van der Waals surface area (Å²) in [5, 5.41) is 21.4. The Hall–Kier alpha value is -3.97. The number of carbonyl (C=O) groups excluding carboxylic acids is 2. The Bertz CT molecular complexity index is 1100. The third-order valence-corrected chi connectivity index (χ3v) is 6.44. The number of piperazine rings is 1. The molecule has 2 fully saturated rings. The number of methoxy groups -OCH3 is 1. The Balaban J connectivity index is 0.000000459. The van der Waals surface area contributed by atoms with Crippen molar-refractivity contribution >= 4 is 29.6 Å². The maximum Gasteiger partial charge on any atom is 0.347 e. The van der Waals surface area contributed by atoms with Crippen molar-refractivity contribution < 1.29 is 38.9 Å². The minimum atomic E-state index is -1.26. The fourth-order valence-electron chi connectivity index (χ4n) is 4.27. The number of rotatable bonds is 9. The number of carbonyl (C=O) groups is 4. The van der Waals surface area contributed by atoms with E-state index in [1.54, 1.807) is 7.11 Å². The number of nitrogens with zero attached hydrogens (tertiary/aromatic N) is 5. The van der Waals surface area contributed by atoms with Gasteiger partial charge in [0.2, 0.25) is 0 Å². The van der Waals surface area contributed by atoms with Gasteiger partial charge in [-0.25, -0.2) is 19.4 Å². The molecule has 0 atom stereocenters. The van der Waals surface area contributed by atoms with Crippen LogP contribution in [0.4, 0.5) is 4.79 Å². The van der Waals surface area contributed by atoms with Crippen molar-refractivity contribution in [2.24, 2.45) is 5.10 Å². The quantitative estimate of drug-likeness (QED) is 0.263. The Labute approximate surface area is 226 Å². The standard InChI is InChI=1S/C22H31N5O4.C4H4O4/c1-24-10-12-25(13-11-24)8-3-4-9-26-21(28)16-27(22(26)29)23-19-7-14-31-20-6-5-17(30-2)15-18(19)20;5-3(6)1-2-4(7)8/h5-6,15H,3-4,7-14,16H2,1-2H3;1-2H,(H,5,6)(H,7,8)/b23-19+;2-1+. The molecule has 3 heterocycles. The highest BCUT2D eigenvalue weighted by Crippen LogP contribution is 2.29. The zero-order valence-corrected chi connectivity index (χ0v) is 22.2. The van der Waals surface area contributed by atoms with E-state index in [1.807, 2.05) is 18.2 Å². The number of carboxylic acid groups (broad SMARTS) is 2. The molecule has 212 valence electrons. The molecule has 13 heteroatoms. The number of likely N-dealkylation sites (N-methyl/N-ethyl adjacent to an activating group) is 1. The third kappa shape index (κ3) is 8.79. The maximum atomic E-state index is 12.8. The first-order valence-corrected chi connectivity index (χ1v) is 12.7.